The van der Waals surface area contributed by atoms with Gasteiger partial charge in [0, 0.05) is 17.7 Å². The number of rotatable bonds is 4. The SMILES string of the molecule is CCc1cc(OC)nc(C2CCC(C(=O)O)CC2)n1. The summed E-state index contributed by atoms with van der Waals surface area (Å²) in [6, 6.07) is 1.85. The molecule has 1 fully saturated rings. The number of nitrogens with zero attached hydrogens (tertiary/aromatic N) is 2. The maximum atomic E-state index is 10.9. The number of hydrogen-bond donors (Lipinski definition) is 1. The normalized spacial score (nSPS) is 23.1. The van der Waals surface area contributed by atoms with Gasteiger partial charge in [-0.3, -0.25) is 4.79 Å². The van der Waals surface area contributed by atoms with Gasteiger partial charge in [0.25, 0.3) is 0 Å². The molecule has 0 saturated heterocycles. The zero-order valence-corrected chi connectivity index (χ0v) is 11.4. The van der Waals surface area contributed by atoms with Crippen molar-refractivity contribution in [2.45, 2.75) is 44.9 Å². The summed E-state index contributed by atoms with van der Waals surface area (Å²) in [5.41, 5.74) is 0.974. The van der Waals surface area contributed by atoms with Crippen LogP contribution in [0.2, 0.25) is 0 Å². The minimum atomic E-state index is -0.681. The predicted molar refractivity (Wildman–Crippen MR) is 70.3 cm³/mol. The van der Waals surface area contributed by atoms with E-state index < -0.39 is 5.97 Å². The van der Waals surface area contributed by atoms with Gasteiger partial charge in [-0.15, -0.1) is 0 Å². The highest BCUT2D eigenvalue weighted by molar-refractivity contribution is 5.70. The number of ether oxygens (including phenoxy) is 1. The molecule has 1 aliphatic rings. The molecule has 5 heteroatoms. The number of carboxylic acid groups (broad SMARTS) is 1. The molecule has 1 N–H and O–H groups in total. The van der Waals surface area contributed by atoms with Crippen LogP contribution in [0.1, 0.15) is 50.0 Å². The van der Waals surface area contributed by atoms with Gasteiger partial charge < -0.3 is 9.84 Å². The van der Waals surface area contributed by atoms with E-state index in [1.165, 1.54) is 0 Å². The molecule has 0 radical (unpaired) electrons. The number of aromatic nitrogens is 2. The Hall–Kier alpha value is -1.65. The van der Waals surface area contributed by atoms with Crippen LogP contribution in [-0.2, 0) is 11.2 Å². The number of carboxylic acids is 1. The molecule has 0 bridgehead atoms. The van der Waals surface area contributed by atoms with Crippen LogP contribution in [-0.4, -0.2) is 28.2 Å². The van der Waals surface area contributed by atoms with E-state index in [1.807, 2.05) is 13.0 Å². The van der Waals surface area contributed by atoms with Gasteiger partial charge in [0.15, 0.2) is 0 Å². The molecule has 0 amide bonds. The minimum absolute atomic E-state index is 0.201. The second-order valence-electron chi connectivity index (χ2n) is 5.00. The molecule has 0 aliphatic heterocycles. The van der Waals surface area contributed by atoms with Crippen molar-refractivity contribution in [2.24, 2.45) is 5.92 Å². The Bertz CT molecular complexity index is 432. The first-order valence-electron chi connectivity index (χ1n) is 6.78. The third kappa shape index (κ3) is 3.22. The summed E-state index contributed by atoms with van der Waals surface area (Å²) in [5.74, 6) is 0.782. The van der Waals surface area contributed by atoms with Gasteiger partial charge in [0.1, 0.15) is 5.82 Å². The molecule has 0 atom stereocenters. The fourth-order valence-corrected chi connectivity index (χ4v) is 2.56. The third-order valence-electron chi connectivity index (χ3n) is 3.79. The Morgan fingerprint density at radius 2 is 2.05 bits per heavy atom. The van der Waals surface area contributed by atoms with Crippen molar-refractivity contribution in [2.75, 3.05) is 7.11 Å². The van der Waals surface area contributed by atoms with Crippen LogP contribution in [0.15, 0.2) is 6.07 Å². The largest absolute Gasteiger partial charge is 0.481 e. The zero-order chi connectivity index (χ0) is 13.8. The summed E-state index contributed by atoms with van der Waals surface area (Å²) >= 11 is 0. The predicted octanol–water partition coefficient (Wildman–Crippen LogP) is 2.41. The van der Waals surface area contributed by atoms with E-state index in [4.69, 9.17) is 9.84 Å². The summed E-state index contributed by atoms with van der Waals surface area (Å²) in [4.78, 5) is 19.9. The van der Waals surface area contributed by atoms with Crippen molar-refractivity contribution in [3.8, 4) is 5.88 Å². The second-order valence-corrected chi connectivity index (χ2v) is 5.00. The van der Waals surface area contributed by atoms with Crippen LogP contribution in [0.25, 0.3) is 0 Å². The summed E-state index contributed by atoms with van der Waals surface area (Å²) in [6.45, 7) is 2.05. The van der Waals surface area contributed by atoms with Gasteiger partial charge in [0.05, 0.1) is 13.0 Å². The molecule has 0 unspecified atom stereocenters. The van der Waals surface area contributed by atoms with Gasteiger partial charge in [-0.05, 0) is 32.1 Å². The van der Waals surface area contributed by atoms with E-state index in [2.05, 4.69) is 9.97 Å². The van der Waals surface area contributed by atoms with E-state index in [1.54, 1.807) is 7.11 Å². The number of aliphatic carboxylic acids is 1. The Morgan fingerprint density at radius 1 is 1.37 bits per heavy atom. The first-order valence-corrected chi connectivity index (χ1v) is 6.78. The monoisotopic (exact) mass is 264 g/mol. The lowest BCUT2D eigenvalue weighted by Gasteiger charge is -2.25. The van der Waals surface area contributed by atoms with Crippen molar-refractivity contribution in [1.82, 2.24) is 9.97 Å². The minimum Gasteiger partial charge on any atom is -0.481 e. The lowest BCUT2D eigenvalue weighted by atomic mass is 9.81. The molecule has 1 aromatic heterocycles. The second kappa shape index (κ2) is 5.99. The van der Waals surface area contributed by atoms with E-state index in [0.717, 1.165) is 30.8 Å². The first-order chi connectivity index (χ1) is 9.13. The fourth-order valence-electron chi connectivity index (χ4n) is 2.56. The standard InChI is InChI=1S/C14H20N2O3/c1-3-11-8-12(19-2)16-13(15-11)9-4-6-10(7-5-9)14(17)18/h8-10H,3-7H2,1-2H3,(H,17,18). The third-order valence-corrected chi connectivity index (χ3v) is 3.79. The van der Waals surface area contributed by atoms with Gasteiger partial charge in [0.2, 0.25) is 5.88 Å². The highest BCUT2D eigenvalue weighted by Gasteiger charge is 2.28. The van der Waals surface area contributed by atoms with Gasteiger partial charge in [-0.2, -0.15) is 4.98 Å². The Kier molecular flexibility index (Phi) is 4.35. The van der Waals surface area contributed by atoms with Crippen LogP contribution in [0.4, 0.5) is 0 Å². The molecule has 1 aromatic rings. The molecule has 1 aliphatic carbocycles. The molecule has 2 rings (SSSR count). The van der Waals surface area contributed by atoms with Crippen LogP contribution in [0.5, 0.6) is 5.88 Å². The number of aryl methyl sites for hydroxylation is 1. The molecule has 19 heavy (non-hydrogen) atoms. The lowest BCUT2D eigenvalue weighted by molar-refractivity contribution is -0.142. The van der Waals surface area contributed by atoms with Crippen molar-refractivity contribution < 1.29 is 14.6 Å². The number of methoxy groups -OCH3 is 1. The van der Waals surface area contributed by atoms with Crippen molar-refractivity contribution in [1.29, 1.82) is 0 Å². The quantitative estimate of drug-likeness (QED) is 0.904. The smallest absolute Gasteiger partial charge is 0.306 e. The highest BCUT2D eigenvalue weighted by Crippen LogP contribution is 2.35. The average Bonchev–Trinajstić information content (AvgIpc) is 2.46. The van der Waals surface area contributed by atoms with E-state index in [9.17, 15) is 4.79 Å². The van der Waals surface area contributed by atoms with Gasteiger partial charge in [-0.1, -0.05) is 6.92 Å². The van der Waals surface area contributed by atoms with Crippen molar-refractivity contribution >= 4 is 5.97 Å². The summed E-state index contributed by atoms with van der Waals surface area (Å²) in [6.07, 6.45) is 3.95. The topological polar surface area (TPSA) is 72.3 Å². The van der Waals surface area contributed by atoms with Crippen LogP contribution < -0.4 is 4.74 Å². The maximum Gasteiger partial charge on any atom is 0.306 e. The summed E-state index contributed by atoms with van der Waals surface area (Å²) in [7, 11) is 1.60. The highest BCUT2D eigenvalue weighted by atomic mass is 16.5. The van der Waals surface area contributed by atoms with Crippen molar-refractivity contribution in [3.05, 3.63) is 17.6 Å². The fraction of sp³-hybridized carbons (Fsp3) is 0.643. The summed E-state index contributed by atoms with van der Waals surface area (Å²) < 4.78 is 5.20. The first kappa shape index (κ1) is 13.8. The molecule has 0 aromatic carbocycles. The summed E-state index contributed by atoms with van der Waals surface area (Å²) in [5, 5.41) is 9.01. The van der Waals surface area contributed by atoms with Crippen LogP contribution in [0.3, 0.4) is 0 Å². The molecule has 5 nitrogen and oxygen atoms in total. The average molecular weight is 264 g/mol. The Morgan fingerprint density at radius 3 is 2.58 bits per heavy atom. The van der Waals surface area contributed by atoms with E-state index >= 15 is 0 Å². The van der Waals surface area contributed by atoms with Crippen LogP contribution >= 0.6 is 0 Å². The lowest BCUT2D eigenvalue weighted by Crippen LogP contribution is -2.21. The van der Waals surface area contributed by atoms with Crippen LogP contribution in [0, 0.1) is 5.92 Å². The molecule has 0 spiro atoms. The zero-order valence-electron chi connectivity index (χ0n) is 11.4. The molecular formula is C14H20N2O3. The Labute approximate surface area is 113 Å². The number of carbonyl (C=O) groups is 1. The van der Waals surface area contributed by atoms with E-state index in [-0.39, 0.29) is 11.8 Å². The van der Waals surface area contributed by atoms with Gasteiger partial charge in [-0.25, -0.2) is 4.98 Å². The number of hydrogen-bond acceptors (Lipinski definition) is 4. The van der Waals surface area contributed by atoms with Gasteiger partial charge >= 0.3 is 5.97 Å². The van der Waals surface area contributed by atoms with E-state index in [0.29, 0.717) is 18.7 Å². The molecule has 104 valence electrons. The Balaban J connectivity index is 2.12. The molecular weight excluding hydrogens is 244 g/mol. The van der Waals surface area contributed by atoms with Crippen molar-refractivity contribution in [3.63, 3.8) is 0 Å². The molecule has 1 heterocycles. The maximum absolute atomic E-state index is 10.9. The molecule has 1 saturated carbocycles.